The van der Waals surface area contributed by atoms with Gasteiger partial charge in [-0.3, -0.25) is 9.41 Å². The predicted molar refractivity (Wildman–Crippen MR) is 61.1 cm³/mol. The van der Waals surface area contributed by atoms with Gasteiger partial charge >= 0.3 is 0 Å². The second-order valence-electron chi connectivity index (χ2n) is 4.02. The number of halogens is 3. The third-order valence-electron chi connectivity index (χ3n) is 3.10. The fourth-order valence-corrected chi connectivity index (χ4v) is 1.93. The number of rotatable bonds is 3. The van der Waals surface area contributed by atoms with Crippen molar-refractivity contribution in [2.75, 3.05) is 6.54 Å². The summed E-state index contributed by atoms with van der Waals surface area (Å²) in [6.07, 6.45) is 1.24. The number of benzene rings is 1. The zero-order chi connectivity index (χ0) is 9.97. The largest absolute Gasteiger partial charge is 0.313 e. The van der Waals surface area contributed by atoms with Crippen molar-refractivity contribution in [2.45, 2.75) is 32.0 Å². The Hall–Kier alpha value is -1.03. The van der Waals surface area contributed by atoms with Crippen molar-refractivity contribution in [1.29, 1.82) is 0 Å². The first-order valence-corrected chi connectivity index (χ1v) is 5.19. The molecule has 0 amide bonds. The van der Waals surface area contributed by atoms with E-state index >= 15 is 0 Å². The highest BCUT2D eigenvalue weighted by molar-refractivity contribution is 5.27. The molecule has 92 valence electrons. The molecule has 2 atom stereocenters. The number of alkyl halides is 1. The first-order valence-electron chi connectivity index (χ1n) is 5.19. The van der Waals surface area contributed by atoms with E-state index in [4.69, 9.17) is 0 Å². The smallest absolute Gasteiger partial charge is 0.115 e. The highest BCUT2D eigenvalue weighted by Gasteiger charge is 2.24. The second-order valence-corrected chi connectivity index (χ2v) is 4.02. The summed E-state index contributed by atoms with van der Waals surface area (Å²) in [4.78, 5) is 0. The van der Waals surface area contributed by atoms with E-state index < -0.39 is 0 Å². The van der Waals surface area contributed by atoms with E-state index in [9.17, 15) is 4.39 Å². The van der Waals surface area contributed by atoms with Crippen molar-refractivity contribution in [2.24, 2.45) is 0 Å². The Kier molecular flexibility index (Phi) is 6.11. The van der Waals surface area contributed by atoms with Gasteiger partial charge in [0.2, 0.25) is 0 Å². The van der Waals surface area contributed by atoms with Gasteiger partial charge in [0.05, 0.1) is 0 Å². The minimum atomic E-state index is -0.362. The van der Waals surface area contributed by atoms with E-state index in [-0.39, 0.29) is 16.1 Å². The summed E-state index contributed by atoms with van der Waals surface area (Å²) in [6, 6.07) is 8.43. The molecule has 1 heterocycles. The van der Waals surface area contributed by atoms with Crippen LogP contribution in [0.5, 0.6) is 0 Å². The number of hydrogen-bond acceptors (Lipinski definition) is 1. The molecular weight excluding hydrogens is 215 g/mol. The molecule has 16 heavy (non-hydrogen) atoms. The monoisotopic (exact) mass is 233 g/mol. The highest BCUT2D eigenvalue weighted by Crippen LogP contribution is 2.25. The van der Waals surface area contributed by atoms with Gasteiger partial charge in [0.25, 0.3) is 0 Å². The average molecular weight is 233 g/mol. The molecule has 0 spiro atoms. The molecule has 1 fully saturated rings. The quantitative estimate of drug-likeness (QED) is 0.846. The van der Waals surface area contributed by atoms with Crippen molar-refractivity contribution < 1.29 is 13.8 Å². The van der Waals surface area contributed by atoms with E-state index in [1.54, 1.807) is 0 Å². The lowest BCUT2D eigenvalue weighted by atomic mass is 9.87. The van der Waals surface area contributed by atoms with Crippen LogP contribution in [0.15, 0.2) is 24.3 Å². The summed E-state index contributed by atoms with van der Waals surface area (Å²) in [6.45, 7) is 2.96. The van der Waals surface area contributed by atoms with E-state index in [1.165, 1.54) is 12.0 Å². The van der Waals surface area contributed by atoms with Gasteiger partial charge in [-0.25, -0.2) is 4.39 Å². The molecule has 0 radical (unpaired) electrons. The summed E-state index contributed by atoms with van der Waals surface area (Å²) < 4.78 is 12.5. The molecule has 2 rings (SSSR count). The summed E-state index contributed by atoms with van der Waals surface area (Å²) in [5, 5.41) is 3.39. The molecule has 1 aromatic carbocycles. The molecule has 0 bridgehead atoms. The van der Waals surface area contributed by atoms with Crippen LogP contribution in [0.1, 0.15) is 30.4 Å². The maximum Gasteiger partial charge on any atom is 0.115 e. The Morgan fingerprint density at radius 2 is 2.12 bits per heavy atom. The predicted octanol–water partition coefficient (Wildman–Crippen LogP) is 2.93. The molecule has 0 saturated carbocycles. The van der Waals surface area contributed by atoms with Crippen molar-refractivity contribution in [3.8, 4) is 0 Å². The summed E-state index contributed by atoms with van der Waals surface area (Å²) >= 11 is 0. The highest BCUT2D eigenvalue weighted by atomic mass is 19.1. The van der Waals surface area contributed by atoms with Crippen LogP contribution in [0.2, 0.25) is 0 Å². The van der Waals surface area contributed by atoms with Gasteiger partial charge in [-0.05, 0) is 30.0 Å². The van der Waals surface area contributed by atoms with Crippen LogP contribution in [-0.2, 0) is 6.67 Å². The zero-order valence-electron chi connectivity index (χ0n) is 9.28. The normalized spacial score (nSPS) is 20.0. The molecule has 1 saturated heterocycles. The fourth-order valence-electron chi connectivity index (χ4n) is 1.93. The van der Waals surface area contributed by atoms with Gasteiger partial charge < -0.3 is 5.32 Å². The first-order chi connectivity index (χ1) is 6.81. The molecule has 4 heteroatoms. The van der Waals surface area contributed by atoms with Crippen LogP contribution >= 0.6 is 0 Å². The lowest BCUT2D eigenvalue weighted by Gasteiger charge is -2.33. The molecule has 0 aromatic heterocycles. The van der Waals surface area contributed by atoms with E-state index in [0.717, 1.165) is 12.1 Å². The van der Waals surface area contributed by atoms with Crippen LogP contribution in [-0.4, -0.2) is 12.6 Å². The van der Waals surface area contributed by atoms with Crippen molar-refractivity contribution >= 4 is 0 Å². The number of nitrogens with one attached hydrogen (secondary N) is 1. The Labute approximate surface area is 93.8 Å². The second kappa shape index (κ2) is 6.53. The minimum Gasteiger partial charge on any atom is -0.313 e. The maximum atomic E-state index is 12.5. The number of hydrogen-bond donors (Lipinski definition) is 1. The van der Waals surface area contributed by atoms with E-state index in [2.05, 4.69) is 18.3 Å². The Bertz CT molecular complexity index is 313. The molecule has 0 unspecified atom stereocenters. The molecule has 0 aliphatic carbocycles. The van der Waals surface area contributed by atoms with Gasteiger partial charge in [-0.15, -0.1) is 0 Å². The Balaban J connectivity index is 0.00000112. The maximum absolute atomic E-state index is 12.5. The third kappa shape index (κ3) is 2.98. The van der Waals surface area contributed by atoms with Crippen LogP contribution < -0.4 is 5.32 Å². The third-order valence-corrected chi connectivity index (χ3v) is 3.10. The van der Waals surface area contributed by atoms with Crippen LogP contribution in [0, 0.1) is 0 Å². The van der Waals surface area contributed by atoms with Gasteiger partial charge in [0.15, 0.2) is 0 Å². The lowest BCUT2D eigenvalue weighted by molar-refractivity contribution is 0.327. The van der Waals surface area contributed by atoms with E-state index in [0.29, 0.717) is 12.0 Å². The van der Waals surface area contributed by atoms with Gasteiger partial charge in [-0.1, -0.05) is 31.2 Å². The molecular formula is C12H18F3N. The van der Waals surface area contributed by atoms with Crippen LogP contribution in [0.3, 0.4) is 0 Å². The Morgan fingerprint density at radius 3 is 2.62 bits per heavy atom. The SMILES string of the molecule is C[C@@H](c1cccc(CF)c1)[C@@H]1CCN1.F.F. The van der Waals surface area contributed by atoms with Gasteiger partial charge in [0.1, 0.15) is 6.67 Å². The molecule has 1 aliphatic heterocycles. The van der Waals surface area contributed by atoms with Crippen molar-refractivity contribution in [3.63, 3.8) is 0 Å². The van der Waals surface area contributed by atoms with Crippen LogP contribution in [0.25, 0.3) is 0 Å². The summed E-state index contributed by atoms with van der Waals surface area (Å²) in [7, 11) is 0. The first kappa shape index (κ1) is 15.0. The molecule has 1 aliphatic rings. The van der Waals surface area contributed by atoms with Gasteiger partial charge in [-0.2, -0.15) is 0 Å². The molecule has 1 aromatic rings. The molecule has 1 nitrogen and oxygen atoms in total. The standard InChI is InChI=1S/C12H16FN.2FH/c1-9(12-5-6-14-12)11-4-2-3-10(7-11)8-13;;/h2-4,7,9,12,14H,5-6,8H2,1H3;2*1H/t9-,12-;;/m0../s1. The summed E-state index contributed by atoms with van der Waals surface area (Å²) in [5.74, 6) is 0.496. The lowest BCUT2D eigenvalue weighted by Crippen LogP contribution is -2.46. The Morgan fingerprint density at radius 1 is 1.44 bits per heavy atom. The minimum absolute atomic E-state index is 0. The van der Waals surface area contributed by atoms with Crippen LogP contribution in [0.4, 0.5) is 13.8 Å². The average Bonchev–Trinajstić information content (AvgIpc) is 2.15. The molecule has 1 N–H and O–H groups in total. The summed E-state index contributed by atoms with van der Waals surface area (Å²) in [5.41, 5.74) is 2.03. The topological polar surface area (TPSA) is 12.0 Å². The van der Waals surface area contributed by atoms with Gasteiger partial charge in [0, 0.05) is 6.04 Å². The fraction of sp³-hybridized carbons (Fsp3) is 0.500. The zero-order valence-corrected chi connectivity index (χ0v) is 9.28. The van der Waals surface area contributed by atoms with E-state index in [1.807, 2.05) is 18.2 Å². The van der Waals surface area contributed by atoms with Crippen molar-refractivity contribution in [1.82, 2.24) is 5.32 Å². The van der Waals surface area contributed by atoms with Crippen molar-refractivity contribution in [3.05, 3.63) is 35.4 Å².